The van der Waals surface area contributed by atoms with Crippen LogP contribution in [-0.4, -0.2) is 37.1 Å². The van der Waals surface area contributed by atoms with Gasteiger partial charge in [-0.25, -0.2) is 23.6 Å². The third-order valence-electron chi connectivity index (χ3n) is 4.42. The molecule has 0 N–H and O–H groups in total. The standard InChI is InChI=1S/C27H25FO8/c1-15(2)24(29)33-9-10-34-27(32)22-8-7-18(13-23(22)28)19-11-20(35-25(30)16(3)4)14-21(12-19)36-26(31)17(5)6/h7-8,11-14H,1,3,5,9-10H2,2,4,6H3. The summed E-state index contributed by atoms with van der Waals surface area (Å²) in [6, 6.07) is 7.89. The van der Waals surface area contributed by atoms with E-state index < -0.39 is 29.7 Å². The highest BCUT2D eigenvalue weighted by molar-refractivity contribution is 5.92. The quantitative estimate of drug-likeness (QED) is 0.201. The maximum absolute atomic E-state index is 14.8. The molecule has 0 bridgehead atoms. The van der Waals surface area contributed by atoms with Gasteiger partial charge in [0.05, 0.1) is 5.56 Å². The molecule has 0 atom stereocenters. The number of ether oxygens (including phenoxy) is 4. The van der Waals surface area contributed by atoms with E-state index in [4.69, 9.17) is 18.9 Å². The van der Waals surface area contributed by atoms with Gasteiger partial charge in [-0.3, -0.25) is 0 Å². The van der Waals surface area contributed by atoms with Crippen molar-refractivity contribution in [1.29, 1.82) is 0 Å². The lowest BCUT2D eigenvalue weighted by atomic mass is 10.0. The average Bonchev–Trinajstić information content (AvgIpc) is 2.80. The number of benzene rings is 2. The Labute approximate surface area is 207 Å². The molecule has 0 aromatic heterocycles. The van der Waals surface area contributed by atoms with Gasteiger partial charge in [-0.05, 0) is 56.2 Å². The van der Waals surface area contributed by atoms with Crippen molar-refractivity contribution >= 4 is 23.9 Å². The lowest BCUT2D eigenvalue weighted by molar-refractivity contribution is -0.140. The Morgan fingerprint density at radius 3 is 1.67 bits per heavy atom. The predicted molar refractivity (Wildman–Crippen MR) is 129 cm³/mol. The van der Waals surface area contributed by atoms with Gasteiger partial charge >= 0.3 is 23.9 Å². The average molecular weight is 496 g/mol. The van der Waals surface area contributed by atoms with Crippen molar-refractivity contribution in [2.45, 2.75) is 20.8 Å². The van der Waals surface area contributed by atoms with Crippen LogP contribution in [0.5, 0.6) is 11.5 Å². The van der Waals surface area contributed by atoms with Gasteiger partial charge in [0.15, 0.2) is 0 Å². The van der Waals surface area contributed by atoms with Gasteiger partial charge in [-0.15, -0.1) is 0 Å². The van der Waals surface area contributed by atoms with Crippen molar-refractivity contribution in [2.24, 2.45) is 0 Å². The molecule has 36 heavy (non-hydrogen) atoms. The Hall–Kier alpha value is -4.53. The summed E-state index contributed by atoms with van der Waals surface area (Å²) in [5.41, 5.74) is 0.758. The summed E-state index contributed by atoms with van der Waals surface area (Å²) in [5, 5.41) is 0. The minimum Gasteiger partial charge on any atom is -0.459 e. The SMILES string of the molecule is C=C(C)C(=O)OCCOC(=O)c1ccc(-c2cc(OC(=O)C(=C)C)cc(OC(=O)C(=C)C)c2)cc1F. The van der Waals surface area contributed by atoms with Crippen LogP contribution in [0, 0.1) is 5.82 Å². The summed E-state index contributed by atoms with van der Waals surface area (Å²) >= 11 is 0. The van der Waals surface area contributed by atoms with Crippen LogP contribution in [0.1, 0.15) is 31.1 Å². The van der Waals surface area contributed by atoms with E-state index in [1.54, 1.807) is 0 Å². The van der Waals surface area contributed by atoms with Crippen molar-refractivity contribution in [3.05, 3.63) is 84.2 Å². The highest BCUT2D eigenvalue weighted by Crippen LogP contribution is 2.32. The fourth-order valence-electron chi connectivity index (χ4n) is 2.57. The van der Waals surface area contributed by atoms with Crippen molar-refractivity contribution in [3.63, 3.8) is 0 Å². The van der Waals surface area contributed by atoms with Crippen LogP contribution in [0.4, 0.5) is 4.39 Å². The molecule has 0 radical (unpaired) electrons. The number of carbonyl (C=O) groups is 4. The Kier molecular flexibility index (Phi) is 9.43. The lowest BCUT2D eigenvalue weighted by Crippen LogP contribution is -2.15. The van der Waals surface area contributed by atoms with Gasteiger partial charge < -0.3 is 18.9 Å². The van der Waals surface area contributed by atoms with Gasteiger partial charge in [-0.1, -0.05) is 25.8 Å². The third-order valence-corrected chi connectivity index (χ3v) is 4.42. The summed E-state index contributed by atoms with van der Waals surface area (Å²) in [6.07, 6.45) is 0. The van der Waals surface area contributed by atoms with Crippen LogP contribution in [-0.2, 0) is 23.9 Å². The van der Waals surface area contributed by atoms with E-state index in [-0.39, 0.29) is 47.0 Å². The molecule has 0 amide bonds. The highest BCUT2D eigenvalue weighted by Gasteiger charge is 2.17. The molecule has 2 aromatic rings. The fraction of sp³-hybridized carbons (Fsp3) is 0.185. The zero-order valence-electron chi connectivity index (χ0n) is 20.1. The van der Waals surface area contributed by atoms with E-state index in [9.17, 15) is 23.6 Å². The zero-order chi connectivity index (χ0) is 27.0. The second-order valence-electron chi connectivity index (χ2n) is 7.78. The normalized spacial score (nSPS) is 10.1. The van der Waals surface area contributed by atoms with Gasteiger partial charge in [0.2, 0.25) is 0 Å². The predicted octanol–water partition coefficient (Wildman–Crippen LogP) is 4.73. The summed E-state index contributed by atoms with van der Waals surface area (Å²) in [6.45, 7) is 14.4. The Balaban J connectivity index is 2.27. The first-order chi connectivity index (χ1) is 16.9. The van der Waals surface area contributed by atoms with Gasteiger partial charge in [0, 0.05) is 22.8 Å². The van der Waals surface area contributed by atoms with Crippen LogP contribution in [0.15, 0.2) is 72.9 Å². The number of hydrogen-bond acceptors (Lipinski definition) is 8. The molecule has 0 spiro atoms. The second kappa shape index (κ2) is 12.3. The first-order valence-corrected chi connectivity index (χ1v) is 10.6. The first-order valence-electron chi connectivity index (χ1n) is 10.6. The second-order valence-corrected chi connectivity index (χ2v) is 7.78. The molecule has 0 aliphatic heterocycles. The molecule has 0 saturated heterocycles. The summed E-state index contributed by atoms with van der Waals surface area (Å²) in [7, 11) is 0. The number of rotatable bonds is 10. The Bertz CT molecular complexity index is 1210. The first kappa shape index (κ1) is 27.7. The van der Waals surface area contributed by atoms with Crippen LogP contribution in [0.2, 0.25) is 0 Å². The molecule has 188 valence electrons. The zero-order valence-corrected chi connectivity index (χ0v) is 20.1. The number of carbonyl (C=O) groups excluding carboxylic acids is 4. The Morgan fingerprint density at radius 1 is 0.694 bits per heavy atom. The van der Waals surface area contributed by atoms with Crippen molar-refractivity contribution in [3.8, 4) is 22.6 Å². The maximum atomic E-state index is 14.8. The fourth-order valence-corrected chi connectivity index (χ4v) is 2.57. The molecular formula is C27H25FO8. The van der Waals surface area contributed by atoms with E-state index >= 15 is 0 Å². The molecule has 0 unspecified atom stereocenters. The summed E-state index contributed by atoms with van der Waals surface area (Å²) in [4.78, 5) is 47.5. The monoisotopic (exact) mass is 496 g/mol. The van der Waals surface area contributed by atoms with Gasteiger partial charge in [0.25, 0.3) is 0 Å². The van der Waals surface area contributed by atoms with Crippen LogP contribution in [0.3, 0.4) is 0 Å². The molecule has 2 rings (SSSR count). The van der Waals surface area contributed by atoms with E-state index in [0.717, 1.165) is 6.07 Å². The molecule has 0 fully saturated rings. The van der Waals surface area contributed by atoms with Crippen LogP contribution < -0.4 is 9.47 Å². The van der Waals surface area contributed by atoms with Crippen molar-refractivity contribution < 1.29 is 42.5 Å². The molecular weight excluding hydrogens is 471 g/mol. The molecule has 0 aliphatic carbocycles. The molecule has 2 aromatic carbocycles. The van der Waals surface area contributed by atoms with E-state index in [0.29, 0.717) is 11.1 Å². The van der Waals surface area contributed by atoms with Crippen molar-refractivity contribution in [2.75, 3.05) is 13.2 Å². The molecule has 8 nitrogen and oxygen atoms in total. The number of halogens is 1. The van der Waals surface area contributed by atoms with E-state index in [2.05, 4.69) is 19.7 Å². The minimum absolute atomic E-state index is 0.0261. The van der Waals surface area contributed by atoms with Crippen LogP contribution in [0.25, 0.3) is 11.1 Å². The topological polar surface area (TPSA) is 105 Å². The van der Waals surface area contributed by atoms with Crippen molar-refractivity contribution in [1.82, 2.24) is 0 Å². The van der Waals surface area contributed by atoms with E-state index in [1.165, 1.54) is 51.1 Å². The molecule has 9 heteroatoms. The highest BCUT2D eigenvalue weighted by atomic mass is 19.1. The largest absolute Gasteiger partial charge is 0.459 e. The number of esters is 4. The summed E-state index contributed by atoms with van der Waals surface area (Å²) in [5.74, 6) is -3.83. The molecule has 0 aliphatic rings. The number of hydrogen-bond donors (Lipinski definition) is 0. The third kappa shape index (κ3) is 7.76. The van der Waals surface area contributed by atoms with Gasteiger partial charge in [0.1, 0.15) is 30.5 Å². The lowest BCUT2D eigenvalue weighted by Gasteiger charge is -2.12. The maximum Gasteiger partial charge on any atom is 0.341 e. The smallest absolute Gasteiger partial charge is 0.341 e. The van der Waals surface area contributed by atoms with Crippen LogP contribution >= 0.6 is 0 Å². The van der Waals surface area contributed by atoms with Gasteiger partial charge in [-0.2, -0.15) is 0 Å². The Morgan fingerprint density at radius 2 is 1.19 bits per heavy atom. The van der Waals surface area contributed by atoms with E-state index in [1.807, 2.05) is 0 Å². The molecule has 0 saturated carbocycles. The molecule has 0 heterocycles. The minimum atomic E-state index is -0.953. The summed E-state index contributed by atoms with van der Waals surface area (Å²) < 4.78 is 35.0.